The largest absolute Gasteiger partial charge is 0.356 e. The quantitative estimate of drug-likeness (QED) is 0.889. The molecule has 2 aromatic carbocycles. The van der Waals surface area contributed by atoms with Crippen molar-refractivity contribution in [1.29, 1.82) is 0 Å². The lowest BCUT2D eigenvalue weighted by Crippen LogP contribution is -2.27. The van der Waals surface area contributed by atoms with E-state index >= 15 is 0 Å². The number of rotatable bonds is 2. The Morgan fingerprint density at radius 1 is 1.37 bits per heavy atom. The van der Waals surface area contributed by atoms with Gasteiger partial charge in [0.1, 0.15) is 0 Å². The first-order valence-electron chi connectivity index (χ1n) is 6.61. The van der Waals surface area contributed by atoms with Gasteiger partial charge < -0.3 is 5.32 Å². The molecule has 0 heterocycles. The zero-order chi connectivity index (χ0) is 13.4. The van der Waals surface area contributed by atoms with E-state index in [0.29, 0.717) is 12.5 Å². The fourth-order valence-corrected chi connectivity index (χ4v) is 3.25. The molecule has 2 aromatic rings. The van der Waals surface area contributed by atoms with Crippen molar-refractivity contribution in [3.05, 3.63) is 46.5 Å². The second-order valence-electron chi connectivity index (χ2n) is 5.14. The summed E-state index contributed by atoms with van der Waals surface area (Å²) in [5, 5.41) is 6.32. The monoisotopic (exact) mass is 273 g/mol. The topological polar surface area (TPSA) is 29.1 Å². The van der Waals surface area contributed by atoms with Crippen LogP contribution in [0.4, 0.5) is 0 Å². The molecule has 0 saturated heterocycles. The zero-order valence-corrected chi connectivity index (χ0v) is 11.6. The van der Waals surface area contributed by atoms with Gasteiger partial charge >= 0.3 is 0 Å². The molecular formula is C16H16ClNO. The van der Waals surface area contributed by atoms with Gasteiger partial charge in [-0.1, -0.05) is 35.9 Å². The number of halogens is 1. The summed E-state index contributed by atoms with van der Waals surface area (Å²) in [6.07, 6.45) is 2.02. The fourth-order valence-electron chi connectivity index (χ4n) is 3.00. The fraction of sp³-hybridized carbons (Fsp3) is 0.312. The molecule has 0 bridgehead atoms. The lowest BCUT2D eigenvalue weighted by atomic mass is 9.81. The van der Waals surface area contributed by atoms with E-state index in [1.54, 1.807) is 6.92 Å². The van der Waals surface area contributed by atoms with Crippen LogP contribution in [0, 0.1) is 0 Å². The Bertz CT molecular complexity index is 650. The predicted octanol–water partition coefficient (Wildman–Crippen LogP) is 3.66. The van der Waals surface area contributed by atoms with Gasteiger partial charge in [0.15, 0.2) is 0 Å². The highest BCUT2D eigenvalue weighted by atomic mass is 35.5. The van der Waals surface area contributed by atoms with E-state index in [9.17, 15) is 4.79 Å². The molecule has 3 rings (SSSR count). The molecule has 1 aliphatic rings. The number of amides is 1. The van der Waals surface area contributed by atoms with Crippen molar-refractivity contribution in [3.8, 4) is 0 Å². The van der Waals surface area contributed by atoms with E-state index in [4.69, 9.17) is 11.6 Å². The molecule has 2 nitrogen and oxygen atoms in total. The highest BCUT2D eigenvalue weighted by Crippen LogP contribution is 2.39. The second-order valence-corrected chi connectivity index (χ2v) is 5.55. The van der Waals surface area contributed by atoms with Crippen LogP contribution in [0.25, 0.3) is 10.8 Å². The molecule has 1 aliphatic carbocycles. The van der Waals surface area contributed by atoms with Crippen LogP contribution in [0.2, 0.25) is 5.02 Å². The molecule has 0 radical (unpaired) electrons. The molecule has 1 amide bonds. The molecule has 1 unspecified atom stereocenters. The molecule has 0 aromatic heterocycles. The average molecular weight is 274 g/mol. The van der Waals surface area contributed by atoms with Gasteiger partial charge in [0.05, 0.1) is 0 Å². The summed E-state index contributed by atoms with van der Waals surface area (Å²) in [5.41, 5.74) is 2.57. The number of carbonyl (C=O) groups excluding carboxylic acids is 1. The van der Waals surface area contributed by atoms with Gasteiger partial charge in [-0.3, -0.25) is 4.79 Å². The van der Waals surface area contributed by atoms with Gasteiger partial charge in [-0.05, 0) is 40.8 Å². The first-order valence-corrected chi connectivity index (χ1v) is 6.99. The average Bonchev–Trinajstić information content (AvgIpc) is 2.41. The normalized spacial score (nSPS) is 17.5. The van der Waals surface area contributed by atoms with Crippen molar-refractivity contribution >= 4 is 28.3 Å². The second kappa shape index (κ2) is 4.86. The number of benzene rings is 2. The number of hydrogen-bond donors (Lipinski definition) is 1. The smallest absolute Gasteiger partial charge is 0.216 e. The molecule has 0 spiro atoms. The van der Waals surface area contributed by atoms with E-state index < -0.39 is 0 Å². The molecule has 0 saturated carbocycles. The van der Waals surface area contributed by atoms with Crippen molar-refractivity contribution in [1.82, 2.24) is 5.32 Å². The number of carbonyl (C=O) groups is 1. The maximum Gasteiger partial charge on any atom is 0.216 e. The highest BCUT2D eigenvalue weighted by Gasteiger charge is 2.23. The van der Waals surface area contributed by atoms with E-state index in [1.165, 1.54) is 21.9 Å². The van der Waals surface area contributed by atoms with Crippen molar-refractivity contribution < 1.29 is 4.79 Å². The van der Waals surface area contributed by atoms with Crippen LogP contribution >= 0.6 is 11.6 Å². The van der Waals surface area contributed by atoms with Gasteiger partial charge in [-0.2, -0.15) is 0 Å². The summed E-state index contributed by atoms with van der Waals surface area (Å²) < 4.78 is 0. The van der Waals surface area contributed by atoms with Crippen molar-refractivity contribution in [2.75, 3.05) is 6.54 Å². The third kappa shape index (κ3) is 2.21. The van der Waals surface area contributed by atoms with E-state index in [-0.39, 0.29) is 5.91 Å². The van der Waals surface area contributed by atoms with Crippen molar-refractivity contribution in [2.24, 2.45) is 0 Å². The first-order chi connectivity index (χ1) is 9.16. The van der Waals surface area contributed by atoms with Gasteiger partial charge in [-0.25, -0.2) is 0 Å². The minimum atomic E-state index is 0.0315. The van der Waals surface area contributed by atoms with Gasteiger partial charge in [0.25, 0.3) is 0 Å². The summed E-state index contributed by atoms with van der Waals surface area (Å²) in [7, 11) is 0. The Kier molecular flexibility index (Phi) is 3.19. The van der Waals surface area contributed by atoms with Crippen LogP contribution in [0.15, 0.2) is 30.3 Å². The summed E-state index contributed by atoms with van der Waals surface area (Å²) in [6, 6.07) is 10.4. The lowest BCUT2D eigenvalue weighted by Gasteiger charge is -2.26. The molecule has 0 aliphatic heterocycles. The minimum Gasteiger partial charge on any atom is -0.356 e. The van der Waals surface area contributed by atoms with Crippen molar-refractivity contribution in [2.45, 2.75) is 25.7 Å². The van der Waals surface area contributed by atoms with Gasteiger partial charge in [0.2, 0.25) is 5.91 Å². The predicted molar refractivity (Wildman–Crippen MR) is 78.7 cm³/mol. The standard InChI is InChI=1S/C16H16ClNO/c1-10(19)18-9-12-5-7-14-15(17)8-6-11-3-2-4-13(12)16(11)14/h2-4,6,8,12H,5,7,9H2,1H3,(H,18,19). The third-order valence-corrected chi connectivity index (χ3v) is 4.26. The number of hydrogen-bond acceptors (Lipinski definition) is 1. The molecule has 1 atom stereocenters. The number of aryl methyl sites for hydroxylation is 1. The molecule has 19 heavy (non-hydrogen) atoms. The summed E-state index contributed by atoms with van der Waals surface area (Å²) >= 11 is 6.31. The summed E-state index contributed by atoms with van der Waals surface area (Å²) in [6.45, 7) is 2.27. The first kappa shape index (κ1) is 12.5. The SMILES string of the molecule is CC(=O)NCC1CCc2c(Cl)ccc3cccc1c23. The Labute approximate surface area is 117 Å². The maximum absolute atomic E-state index is 11.1. The van der Waals surface area contributed by atoms with E-state index in [1.807, 2.05) is 6.07 Å². The van der Waals surface area contributed by atoms with Crippen LogP contribution in [0.1, 0.15) is 30.4 Å². The molecule has 3 heteroatoms. The molecule has 98 valence electrons. The van der Waals surface area contributed by atoms with Crippen LogP contribution in [0.3, 0.4) is 0 Å². The van der Waals surface area contributed by atoms with Gasteiger partial charge in [-0.15, -0.1) is 0 Å². The van der Waals surface area contributed by atoms with Crippen LogP contribution in [-0.4, -0.2) is 12.5 Å². The Hall–Kier alpha value is -1.54. The maximum atomic E-state index is 11.1. The van der Waals surface area contributed by atoms with Crippen LogP contribution in [0.5, 0.6) is 0 Å². The Morgan fingerprint density at radius 2 is 2.21 bits per heavy atom. The van der Waals surface area contributed by atoms with Crippen LogP contribution < -0.4 is 5.32 Å². The van der Waals surface area contributed by atoms with E-state index in [0.717, 1.165) is 17.9 Å². The molecule has 1 N–H and O–H groups in total. The zero-order valence-electron chi connectivity index (χ0n) is 10.9. The van der Waals surface area contributed by atoms with Crippen LogP contribution in [-0.2, 0) is 11.2 Å². The van der Waals surface area contributed by atoms with E-state index in [2.05, 4.69) is 29.6 Å². The summed E-state index contributed by atoms with van der Waals surface area (Å²) in [4.78, 5) is 11.1. The van der Waals surface area contributed by atoms with Crippen molar-refractivity contribution in [3.63, 3.8) is 0 Å². The highest BCUT2D eigenvalue weighted by molar-refractivity contribution is 6.32. The minimum absolute atomic E-state index is 0.0315. The lowest BCUT2D eigenvalue weighted by molar-refractivity contribution is -0.119. The molecular weight excluding hydrogens is 258 g/mol. The third-order valence-electron chi connectivity index (χ3n) is 3.91. The summed E-state index contributed by atoms with van der Waals surface area (Å²) in [5.74, 6) is 0.419. The number of nitrogens with one attached hydrogen (secondary N) is 1. The molecule has 0 fully saturated rings. The van der Waals surface area contributed by atoms with Gasteiger partial charge in [0, 0.05) is 24.4 Å². The Balaban J connectivity index is 2.09. The Morgan fingerprint density at radius 3 is 3.00 bits per heavy atom.